The summed E-state index contributed by atoms with van der Waals surface area (Å²) in [6.45, 7) is 13.0. The molecule has 0 saturated carbocycles. The minimum atomic E-state index is -0.821. The first-order chi connectivity index (χ1) is 25.5. The zero-order valence-corrected chi connectivity index (χ0v) is 33.9. The van der Waals surface area contributed by atoms with Gasteiger partial charge in [-0.3, -0.25) is 14.5 Å². The van der Waals surface area contributed by atoms with Crippen LogP contribution < -0.4 is 41.5 Å². The molecule has 1 fully saturated rings. The van der Waals surface area contributed by atoms with E-state index in [2.05, 4.69) is 19.0 Å². The summed E-state index contributed by atoms with van der Waals surface area (Å²) in [5.41, 5.74) is 0.480. The highest BCUT2D eigenvalue weighted by molar-refractivity contribution is 6.07. The Kier molecular flexibility index (Phi) is 15.9. The van der Waals surface area contributed by atoms with E-state index in [9.17, 15) is 18.4 Å². The van der Waals surface area contributed by atoms with E-state index in [0.717, 1.165) is 31.0 Å². The lowest BCUT2D eigenvalue weighted by atomic mass is 10.1. The van der Waals surface area contributed by atoms with Crippen molar-refractivity contribution in [2.75, 3.05) is 78.1 Å². The monoisotopic (exact) mass is 812 g/mol. The molecule has 0 atom stereocenters. The van der Waals surface area contributed by atoms with Crippen LogP contribution in [0.25, 0.3) is 16.6 Å². The summed E-state index contributed by atoms with van der Waals surface area (Å²) in [6, 6.07) is 13.5. The van der Waals surface area contributed by atoms with Gasteiger partial charge < -0.3 is 45.1 Å². The molecule has 1 saturated heterocycles. The molecule has 1 aliphatic heterocycles. The van der Waals surface area contributed by atoms with Gasteiger partial charge in [0, 0.05) is 67.2 Å². The quantitative estimate of drug-likeness (QED) is 0.106. The minimum Gasteiger partial charge on any atom is -1.00 e. The summed E-state index contributed by atoms with van der Waals surface area (Å²) in [5, 5.41) is 0.289. The maximum Gasteiger partial charge on any atom is 0.263 e. The fourth-order valence-electron chi connectivity index (χ4n) is 7.00. The van der Waals surface area contributed by atoms with Gasteiger partial charge in [-0.2, -0.15) is 0 Å². The summed E-state index contributed by atoms with van der Waals surface area (Å²) < 4.78 is 49.2. The Morgan fingerprint density at radius 1 is 0.796 bits per heavy atom. The average molecular weight is 814 g/mol. The first kappa shape index (κ1) is 42.7. The molecule has 54 heavy (non-hydrogen) atoms. The highest BCUT2D eigenvalue weighted by atomic mass is 79.9. The van der Waals surface area contributed by atoms with Crippen molar-refractivity contribution in [1.82, 2.24) is 9.47 Å². The predicted molar refractivity (Wildman–Crippen MR) is 207 cm³/mol. The average Bonchev–Trinajstić information content (AvgIpc) is 3.12. The summed E-state index contributed by atoms with van der Waals surface area (Å²) in [6.07, 6.45) is 8.37. The lowest BCUT2D eigenvalue weighted by Crippen LogP contribution is -3.00. The fraction of sp³-hybridized carbons (Fsp3) is 0.476. The number of hydrogen-bond donors (Lipinski definition) is 0. The van der Waals surface area contributed by atoms with Gasteiger partial charge in [-0.05, 0) is 71.3 Å². The predicted octanol–water partition coefficient (Wildman–Crippen LogP) is 4.85. The number of ether oxygens (including phenoxy) is 3. The zero-order chi connectivity index (χ0) is 38.0. The molecular weight excluding hydrogens is 758 g/mol. The van der Waals surface area contributed by atoms with Crippen LogP contribution in [0.2, 0.25) is 0 Å². The SMILES string of the molecule is CCOc1cc(OCC)cc(-n2cc(C(=O)N(CC)c3cc(F)cc(F)c3)c(=O)c3ccc(OCCCCCCCC[N+]4(C)CCN(C)CC4)cc32)c1.[Br-]. The molecule has 2 heterocycles. The van der Waals surface area contributed by atoms with Crippen LogP contribution >= 0.6 is 0 Å². The van der Waals surface area contributed by atoms with E-state index in [4.69, 9.17) is 14.2 Å². The van der Waals surface area contributed by atoms with Crippen LogP contribution in [-0.2, 0) is 0 Å². The smallest absolute Gasteiger partial charge is 0.263 e. The number of fused-ring (bicyclic) bond motifs is 1. The van der Waals surface area contributed by atoms with Crippen molar-refractivity contribution in [2.24, 2.45) is 0 Å². The number of halogens is 3. The van der Waals surface area contributed by atoms with Gasteiger partial charge >= 0.3 is 0 Å². The van der Waals surface area contributed by atoms with Crippen LogP contribution in [0.4, 0.5) is 14.5 Å². The molecule has 5 rings (SSSR count). The van der Waals surface area contributed by atoms with Crippen LogP contribution in [0.15, 0.2) is 65.6 Å². The highest BCUT2D eigenvalue weighted by Crippen LogP contribution is 2.30. The number of pyridine rings is 1. The Morgan fingerprint density at radius 3 is 2.02 bits per heavy atom. The van der Waals surface area contributed by atoms with Crippen molar-refractivity contribution in [2.45, 2.75) is 59.3 Å². The molecular formula is C42H55BrF2N4O5. The van der Waals surface area contributed by atoms with Crippen molar-refractivity contribution in [1.29, 1.82) is 0 Å². The number of piperazine rings is 1. The lowest BCUT2D eigenvalue weighted by molar-refractivity contribution is -0.913. The second-order valence-corrected chi connectivity index (χ2v) is 14.2. The number of aromatic nitrogens is 1. The van der Waals surface area contributed by atoms with Gasteiger partial charge in [-0.1, -0.05) is 19.3 Å². The molecule has 3 aromatic carbocycles. The molecule has 12 heteroatoms. The number of carbonyl (C=O) groups excluding carboxylic acids is 1. The van der Waals surface area contributed by atoms with Crippen LogP contribution in [0.3, 0.4) is 0 Å². The first-order valence-electron chi connectivity index (χ1n) is 19.1. The van der Waals surface area contributed by atoms with Crippen LogP contribution in [-0.4, -0.2) is 93.0 Å². The van der Waals surface area contributed by atoms with Crippen molar-refractivity contribution in [3.05, 3.63) is 88.2 Å². The van der Waals surface area contributed by atoms with E-state index in [1.165, 1.54) is 74.0 Å². The van der Waals surface area contributed by atoms with Gasteiger partial charge in [0.25, 0.3) is 5.91 Å². The van der Waals surface area contributed by atoms with Crippen LogP contribution in [0, 0.1) is 11.6 Å². The second kappa shape index (κ2) is 20.1. The number of likely N-dealkylation sites (N-methyl/N-ethyl adjacent to an activating group) is 2. The number of carbonyl (C=O) groups is 1. The number of quaternary nitrogens is 1. The van der Waals surface area contributed by atoms with Gasteiger partial charge in [0.15, 0.2) is 0 Å². The number of benzene rings is 3. The molecule has 1 aliphatic rings. The van der Waals surface area contributed by atoms with Gasteiger partial charge in [0.2, 0.25) is 5.43 Å². The number of amides is 1. The molecule has 0 N–H and O–H groups in total. The summed E-state index contributed by atoms with van der Waals surface area (Å²) >= 11 is 0. The Balaban J connectivity index is 0.00000650. The normalized spacial score (nSPS) is 14.1. The fourth-order valence-corrected chi connectivity index (χ4v) is 7.00. The topological polar surface area (TPSA) is 73.2 Å². The van der Waals surface area contributed by atoms with E-state index >= 15 is 0 Å². The summed E-state index contributed by atoms with van der Waals surface area (Å²) in [7, 11) is 4.60. The number of unbranched alkanes of at least 4 members (excludes halogenated alkanes) is 5. The lowest BCUT2D eigenvalue weighted by Gasteiger charge is -2.41. The first-order valence-corrected chi connectivity index (χ1v) is 19.1. The third-order valence-corrected chi connectivity index (χ3v) is 10.1. The Hall–Kier alpha value is -4.00. The van der Waals surface area contributed by atoms with E-state index < -0.39 is 23.0 Å². The molecule has 0 aliphatic carbocycles. The van der Waals surface area contributed by atoms with E-state index in [1.54, 1.807) is 35.8 Å². The summed E-state index contributed by atoms with van der Waals surface area (Å²) in [5.74, 6) is -0.608. The molecule has 0 radical (unpaired) electrons. The molecule has 1 aromatic heterocycles. The standard InChI is InChI=1S/C42H55F2N4O5.BrH/c1-6-46(33-24-31(43)23-32(44)25-33)42(50)39-30-47(34-26-36(51-7-2)28-37(27-34)52-8-3)40-29-35(15-16-38(40)41(39)49)53-22-14-12-10-9-11-13-19-48(5)20-17-45(4)18-21-48;/h15-16,23-30H,6-14,17-22H2,1-5H3;1H/q+1;/p-1. The van der Waals surface area contributed by atoms with E-state index in [-0.39, 0.29) is 40.2 Å². The molecule has 4 aromatic rings. The van der Waals surface area contributed by atoms with Crippen molar-refractivity contribution >= 4 is 22.5 Å². The largest absolute Gasteiger partial charge is 1.00 e. The number of hydrogen-bond acceptors (Lipinski definition) is 6. The van der Waals surface area contributed by atoms with Gasteiger partial charge in [0.1, 0.15) is 34.4 Å². The van der Waals surface area contributed by atoms with Gasteiger partial charge in [0.05, 0.1) is 57.7 Å². The Morgan fingerprint density at radius 2 is 1.41 bits per heavy atom. The Labute approximate surface area is 328 Å². The van der Waals surface area contributed by atoms with Crippen molar-refractivity contribution < 1.29 is 49.3 Å². The highest BCUT2D eigenvalue weighted by Gasteiger charge is 2.26. The molecule has 0 bridgehead atoms. The molecule has 1 amide bonds. The molecule has 0 unspecified atom stereocenters. The molecule has 294 valence electrons. The zero-order valence-electron chi connectivity index (χ0n) is 32.3. The van der Waals surface area contributed by atoms with Gasteiger partial charge in [-0.25, -0.2) is 8.78 Å². The third-order valence-electron chi connectivity index (χ3n) is 10.1. The molecule has 0 spiro atoms. The number of anilines is 1. The third kappa shape index (κ3) is 11.0. The van der Waals surface area contributed by atoms with Crippen molar-refractivity contribution in [3.8, 4) is 22.9 Å². The second-order valence-electron chi connectivity index (χ2n) is 14.2. The Bertz CT molecular complexity index is 1870. The van der Waals surface area contributed by atoms with Gasteiger partial charge in [-0.15, -0.1) is 0 Å². The minimum absolute atomic E-state index is 0. The summed E-state index contributed by atoms with van der Waals surface area (Å²) in [4.78, 5) is 31.6. The number of rotatable bonds is 18. The van der Waals surface area contributed by atoms with Crippen molar-refractivity contribution in [3.63, 3.8) is 0 Å². The number of nitrogens with zero attached hydrogens (tertiary/aromatic N) is 4. The molecule has 9 nitrogen and oxygen atoms in total. The van der Waals surface area contributed by atoms with E-state index in [0.29, 0.717) is 48.3 Å². The van der Waals surface area contributed by atoms with Crippen LogP contribution in [0.5, 0.6) is 17.2 Å². The maximum absolute atomic E-state index is 14.2. The van der Waals surface area contributed by atoms with E-state index in [1.807, 2.05) is 26.0 Å². The maximum atomic E-state index is 14.2. The van der Waals surface area contributed by atoms with Crippen LogP contribution in [0.1, 0.15) is 69.7 Å².